The Hall–Kier alpha value is -2.17. The van der Waals surface area contributed by atoms with Gasteiger partial charge in [0.15, 0.2) is 0 Å². The quantitative estimate of drug-likeness (QED) is 0.717. The number of fused-ring (bicyclic) bond motifs is 5. The summed E-state index contributed by atoms with van der Waals surface area (Å²) in [7, 11) is 0. The molecule has 0 fully saturated rings. The predicted octanol–water partition coefficient (Wildman–Crippen LogP) is 0.856. The Morgan fingerprint density at radius 1 is 1.22 bits per heavy atom. The first-order valence-electron chi connectivity index (χ1n) is 6.16. The molecule has 0 atom stereocenters. The van der Waals surface area contributed by atoms with E-state index >= 15 is 0 Å². The van der Waals surface area contributed by atoms with Crippen molar-refractivity contribution in [2.45, 2.75) is 19.3 Å². The lowest BCUT2D eigenvalue weighted by Gasteiger charge is -2.16. The van der Waals surface area contributed by atoms with Crippen LogP contribution < -0.4 is 5.32 Å². The molecule has 5 nitrogen and oxygen atoms in total. The number of nitrogens with zero attached hydrogens (tertiary/aromatic N) is 2. The van der Waals surface area contributed by atoms with Crippen LogP contribution in [0.2, 0.25) is 0 Å². The lowest BCUT2D eigenvalue weighted by Crippen LogP contribution is -2.32. The maximum Gasteiger partial charge on any atom is 0.253 e. The number of aromatic amines is 1. The SMILES string of the molecule is O=C1NCCc2[nH]c3c(c21)CCc1cncnc1-3. The van der Waals surface area contributed by atoms with Crippen LogP contribution >= 0.6 is 0 Å². The summed E-state index contributed by atoms with van der Waals surface area (Å²) >= 11 is 0. The summed E-state index contributed by atoms with van der Waals surface area (Å²) in [6.45, 7) is 0.710. The predicted molar refractivity (Wildman–Crippen MR) is 65.3 cm³/mol. The molecule has 18 heavy (non-hydrogen) atoms. The number of amides is 1. The smallest absolute Gasteiger partial charge is 0.253 e. The Morgan fingerprint density at radius 3 is 3.11 bits per heavy atom. The Labute approximate surface area is 104 Å². The van der Waals surface area contributed by atoms with Crippen LogP contribution in [-0.4, -0.2) is 27.4 Å². The second-order valence-corrected chi connectivity index (χ2v) is 4.73. The average Bonchev–Trinajstić information content (AvgIpc) is 2.79. The van der Waals surface area contributed by atoms with E-state index in [1.165, 1.54) is 0 Å². The Balaban J connectivity index is 1.99. The molecule has 3 heterocycles. The summed E-state index contributed by atoms with van der Waals surface area (Å²) < 4.78 is 0. The minimum absolute atomic E-state index is 0.0475. The molecule has 0 spiro atoms. The van der Waals surface area contributed by atoms with Gasteiger partial charge in [0.05, 0.1) is 17.0 Å². The summed E-state index contributed by atoms with van der Waals surface area (Å²) in [5.41, 5.74) is 6.14. The van der Waals surface area contributed by atoms with Crippen LogP contribution in [0.3, 0.4) is 0 Å². The van der Waals surface area contributed by atoms with Crippen LogP contribution in [0.15, 0.2) is 12.5 Å². The second-order valence-electron chi connectivity index (χ2n) is 4.73. The molecule has 5 heteroatoms. The van der Waals surface area contributed by atoms with Crippen molar-refractivity contribution in [3.05, 3.63) is 34.9 Å². The van der Waals surface area contributed by atoms with Crippen LogP contribution in [0.25, 0.3) is 11.4 Å². The molecule has 90 valence electrons. The van der Waals surface area contributed by atoms with Gasteiger partial charge in [-0.1, -0.05) is 0 Å². The van der Waals surface area contributed by atoms with Gasteiger partial charge in [-0.2, -0.15) is 0 Å². The average molecular weight is 240 g/mol. The minimum atomic E-state index is 0.0475. The summed E-state index contributed by atoms with van der Waals surface area (Å²) in [5.74, 6) is 0.0475. The lowest BCUT2D eigenvalue weighted by molar-refractivity contribution is 0.0945. The van der Waals surface area contributed by atoms with Crippen LogP contribution in [0.1, 0.15) is 27.2 Å². The van der Waals surface area contributed by atoms with Gasteiger partial charge in [0, 0.05) is 24.9 Å². The number of carbonyl (C=O) groups is 1. The number of rotatable bonds is 0. The van der Waals surface area contributed by atoms with E-state index in [2.05, 4.69) is 20.3 Å². The number of aryl methyl sites for hydroxylation is 1. The van der Waals surface area contributed by atoms with Gasteiger partial charge >= 0.3 is 0 Å². The topological polar surface area (TPSA) is 70.7 Å². The Morgan fingerprint density at radius 2 is 2.17 bits per heavy atom. The third-order valence-corrected chi connectivity index (χ3v) is 3.74. The standard InChI is InChI=1S/C13H12N4O/c18-13-10-8-2-1-7-5-14-6-16-11(7)12(8)17-9(10)3-4-15-13/h5-6,17H,1-4H2,(H,15,18). The number of hydrogen-bond acceptors (Lipinski definition) is 3. The first-order valence-corrected chi connectivity index (χ1v) is 6.16. The molecule has 2 N–H and O–H groups in total. The Kier molecular flexibility index (Phi) is 1.86. The normalized spacial score (nSPS) is 16.6. The van der Waals surface area contributed by atoms with Crippen molar-refractivity contribution in [1.82, 2.24) is 20.3 Å². The highest BCUT2D eigenvalue weighted by Crippen LogP contribution is 2.35. The first-order chi connectivity index (χ1) is 8.84. The highest BCUT2D eigenvalue weighted by molar-refractivity contribution is 6.00. The fourth-order valence-electron chi connectivity index (χ4n) is 2.93. The van der Waals surface area contributed by atoms with Crippen molar-refractivity contribution in [3.63, 3.8) is 0 Å². The third-order valence-electron chi connectivity index (χ3n) is 3.74. The van der Waals surface area contributed by atoms with Crippen molar-refractivity contribution < 1.29 is 4.79 Å². The highest BCUT2D eigenvalue weighted by Gasteiger charge is 2.29. The summed E-state index contributed by atoms with van der Waals surface area (Å²) in [6.07, 6.45) is 6.09. The lowest BCUT2D eigenvalue weighted by atomic mass is 9.91. The molecule has 2 aromatic heterocycles. The van der Waals surface area contributed by atoms with Crippen molar-refractivity contribution in [3.8, 4) is 11.4 Å². The molecular formula is C13H12N4O. The first kappa shape index (κ1) is 9.82. The molecule has 2 aromatic rings. The van der Waals surface area contributed by atoms with Crippen molar-refractivity contribution in [1.29, 1.82) is 0 Å². The van der Waals surface area contributed by atoms with Gasteiger partial charge in [-0.3, -0.25) is 4.79 Å². The molecule has 0 unspecified atom stereocenters. The molecule has 4 rings (SSSR count). The van der Waals surface area contributed by atoms with Gasteiger partial charge in [-0.15, -0.1) is 0 Å². The van der Waals surface area contributed by atoms with Gasteiger partial charge in [0.2, 0.25) is 0 Å². The number of nitrogens with one attached hydrogen (secondary N) is 2. The van der Waals surface area contributed by atoms with E-state index < -0.39 is 0 Å². The molecule has 0 saturated carbocycles. The molecule has 0 radical (unpaired) electrons. The van der Waals surface area contributed by atoms with E-state index in [4.69, 9.17) is 0 Å². The summed E-state index contributed by atoms with van der Waals surface area (Å²) in [6, 6.07) is 0. The van der Waals surface area contributed by atoms with Crippen molar-refractivity contribution >= 4 is 5.91 Å². The monoisotopic (exact) mass is 240 g/mol. The molecule has 0 saturated heterocycles. The third kappa shape index (κ3) is 1.19. The van der Waals surface area contributed by atoms with E-state index in [1.54, 1.807) is 6.33 Å². The maximum absolute atomic E-state index is 12.0. The summed E-state index contributed by atoms with van der Waals surface area (Å²) in [5, 5.41) is 2.91. The van der Waals surface area contributed by atoms with Gasteiger partial charge in [0.25, 0.3) is 5.91 Å². The zero-order chi connectivity index (χ0) is 12.1. The minimum Gasteiger partial charge on any atom is -0.356 e. The van der Waals surface area contributed by atoms with E-state index in [1.807, 2.05) is 6.20 Å². The number of hydrogen-bond donors (Lipinski definition) is 2. The molecule has 1 amide bonds. The fourth-order valence-corrected chi connectivity index (χ4v) is 2.93. The fraction of sp³-hybridized carbons (Fsp3) is 0.308. The van der Waals surface area contributed by atoms with E-state index in [0.717, 1.165) is 53.0 Å². The Bertz CT molecular complexity index is 659. The zero-order valence-corrected chi connectivity index (χ0v) is 9.79. The largest absolute Gasteiger partial charge is 0.356 e. The van der Waals surface area contributed by atoms with Crippen LogP contribution in [-0.2, 0) is 19.3 Å². The molecule has 0 bridgehead atoms. The molecule has 1 aliphatic heterocycles. The molecule has 1 aliphatic carbocycles. The van der Waals surface area contributed by atoms with Crippen LogP contribution in [0.4, 0.5) is 0 Å². The number of H-pyrrole nitrogens is 1. The molecule has 0 aromatic carbocycles. The number of aromatic nitrogens is 3. The van der Waals surface area contributed by atoms with Gasteiger partial charge in [-0.05, 0) is 24.0 Å². The summed E-state index contributed by atoms with van der Waals surface area (Å²) in [4.78, 5) is 23.8. The van der Waals surface area contributed by atoms with Gasteiger partial charge < -0.3 is 10.3 Å². The van der Waals surface area contributed by atoms with E-state index in [0.29, 0.717) is 6.54 Å². The van der Waals surface area contributed by atoms with Gasteiger partial charge in [-0.25, -0.2) is 9.97 Å². The van der Waals surface area contributed by atoms with Gasteiger partial charge in [0.1, 0.15) is 6.33 Å². The van der Waals surface area contributed by atoms with Crippen LogP contribution in [0, 0.1) is 0 Å². The van der Waals surface area contributed by atoms with Crippen molar-refractivity contribution in [2.75, 3.05) is 6.54 Å². The highest BCUT2D eigenvalue weighted by atomic mass is 16.1. The zero-order valence-electron chi connectivity index (χ0n) is 9.79. The van der Waals surface area contributed by atoms with Crippen molar-refractivity contribution in [2.24, 2.45) is 0 Å². The second kappa shape index (κ2) is 3.41. The van der Waals surface area contributed by atoms with E-state index in [-0.39, 0.29) is 5.91 Å². The molecular weight excluding hydrogens is 228 g/mol. The molecule has 2 aliphatic rings. The number of carbonyl (C=O) groups excluding carboxylic acids is 1. The van der Waals surface area contributed by atoms with E-state index in [9.17, 15) is 4.79 Å². The van der Waals surface area contributed by atoms with Crippen LogP contribution in [0.5, 0.6) is 0 Å². The maximum atomic E-state index is 12.0.